The minimum Gasteiger partial charge on any atom is -0.370 e. The number of hydrogen-bond acceptors (Lipinski definition) is 3. The highest BCUT2D eigenvalue weighted by atomic mass is 32.2. The molecule has 1 heterocycles. The molecule has 0 aromatic heterocycles. The second-order valence-corrected chi connectivity index (χ2v) is 7.82. The highest BCUT2D eigenvalue weighted by molar-refractivity contribution is 7.89. The zero-order chi connectivity index (χ0) is 17.7. The summed E-state index contributed by atoms with van der Waals surface area (Å²) in [5.74, 6) is -0.571. The van der Waals surface area contributed by atoms with Crippen molar-refractivity contribution in [1.29, 1.82) is 0 Å². The second-order valence-electron chi connectivity index (χ2n) is 6.11. The number of morpholine rings is 1. The van der Waals surface area contributed by atoms with E-state index in [1.807, 2.05) is 30.3 Å². The molecule has 2 N–H and O–H groups in total. The van der Waals surface area contributed by atoms with Crippen molar-refractivity contribution in [2.24, 2.45) is 0 Å². The average Bonchev–Trinajstić information content (AvgIpc) is 2.63. The largest absolute Gasteiger partial charge is 0.370 e. The molecule has 1 saturated heterocycles. The van der Waals surface area contributed by atoms with Crippen molar-refractivity contribution in [2.75, 3.05) is 32.8 Å². The number of benzene rings is 2. The van der Waals surface area contributed by atoms with Crippen LogP contribution in [-0.2, 0) is 14.8 Å². The fourth-order valence-corrected chi connectivity index (χ4v) is 4.21. The molecule has 1 aliphatic rings. The van der Waals surface area contributed by atoms with Gasteiger partial charge < -0.3 is 9.64 Å². The monoisotopic (exact) mass is 365 g/mol. The van der Waals surface area contributed by atoms with Crippen LogP contribution in [0.1, 0.15) is 11.6 Å². The minimum atomic E-state index is -3.82. The van der Waals surface area contributed by atoms with Crippen molar-refractivity contribution in [3.8, 4) is 0 Å². The van der Waals surface area contributed by atoms with E-state index in [-0.39, 0.29) is 10.9 Å². The molecule has 1 fully saturated rings. The lowest BCUT2D eigenvalue weighted by atomic mass is 10.1. The zero-order valence-corrected chi connectivity index (χ0v) is 14.6. The third-order valence-electron chi connectivity index (χ3n) is 4.30. The maximum Gasteiger partial charge on any atom is 0.241 e. The van der Waals surface area contributed by atoms with Crippen molar-refractivity contribution < 1.29 is 22.4 Å². The molecule has 0 bridgehead atoms. The Hall–Kier alpha value is -1.80. The van der Waals surface area contributed by atoms with E-state index in [0.717, 1.165) is 24.7 Å². The number of ether oxygens (including phenoxy) is 1. The van der Waals surface area contributed by atoms with Crippen LogP contribution < -0.4 is 9.62 Å². The van der Waals surface area contributed by atoms with Crippen LogP contribution in [0.2, 0.25) is 0 Å². The van der Waals surface area contributed by atoms with Crippen LogP contribution in [0.4, 0.5) is 4.39 Å². The minimum absolute atomic E-state index is 0.0644. The average molecular weight is 365 g/mol. The van der Waals surface area contributed by atoms with E-state index in [1.54, 1.807) is 0 Å². The number of quaternary nitrogens is 1. The molecule has 7 heteroatoms. The van der Waals surface area contributed by atoms with E-state index in [2.05, 4.69) is 4.72 Å². The Bertz CT molecular complexity index is 793. The molecular weight excluding hydrogens is 343 g/mol. The van der Waals surface area contributed by atoms with Crippen molar-refractivity contribution in [1.82, 2.24) is 4.72 Å². The summed E-state index contributed by atoms with van der Waals surface area (Å²) in [6, 6.07) is 14.1. The summed E-state index contributed by atoms with van der Waals surface area (Å²) in [6.45, 7) is 3.64. The summed E-state index contributed by atoms with van der Waals surface area (Å²) in [5.41, 5.74) is 0.890. The molecule has 5 nitrogen and oxygen atoms in total. The summed E-state index contributed by atoms with van der Waals surface area (Å²) < 4.78 is 46.9. The normalized spacial score (nSPS) is 17.3. The lowest BCUT2D eigenvalue weighted by Gasteiger charge is -2.28. The van der Waals surface area contributed by atoms with Crippen LogP contribution in [0.25, 0.3) is 0 Å². The molecule has 134 valence electrons. The second kappa shape index (κ2) is 8.05. The molecule has 1 atom stereocenters. The SMILES string of the molecule is O=S(=O)(N[C@@H](C[NH+]1CCOCC1)c1ccccc1)c1cccc(F)c1. The van der Waals surface area contributed by atoms with Gasteiger partial charge in [0, 0.05) is 0 Å². The van der Waals surface area contributed by atoms with Gasteiger partial charge in [-0.2, -0.15) is 4.72 Å². The van der Waals surface area contributed by atoms with Crippen LogP contribution >= 0.6 is 0 Å². The van der Waals surface area contributed by atoms with Gasteiger partial charge in [-0.1, -0.05) is 36.4 Å². The van der Waals surface area contributed by atoms with E-state index < -0.39 is 15.8 Å². The summed E-state index contributed by atoms with van der Waals surface area (Å²) in [4.78, 5) is 1.22. The Balaban J connectivity index is 1.83. The molecular formula is C18H22FN2O3S+. The number of hydrogen-bond donors (Lipinski definition) is 2. The molecule has 2 aromatic carbocycles. The van der Waals surface area contributed by atoms with Gasteiger partial charge in [-0.05, 0) is 23.8 Å². The third kappa shape index (κ3) is 4.85. The predicted octanol–water partition coefficient (Wildman–Crippen LogP) is 0.760. The lowest BCUT2D eigenvalue weighted by molar-refractivity contribution is -0.909. The standard InChI is InChI=1S/C18H21FN2O3S/c19-16-7-4-8-17(13-16)25(22,23)20-18(15-5-2-1-3-6-15)14-21-9-11-24-12-10-21/h1-8,13,18,20H,9-12,14H2/p+1/t18-/m0/s1. The Labute approximate surface area is 147 Å². The molecule has 0 radical (unpaired) electrons. The van der Waals surface area contributed by atoms with Crippen LogP contribution in [0, 0.1) is 5.82 Å². The molecule has 25 heavy (non-hydrogen) atoms. The Kier molecular flexibility index (Phi) is 5.80. The summed E-state index contributed by atoms with van der Waals surface area (Å²) in [7, 11) is -3.82. The first kappa shape index (κ1) is 18.0. The molecule has 0 amide bonds. The summed E-state index contributed by atoms with van der Waals surface area (Å²) in [6.07, 6.45) is 0. The van der Waals surface area contributed by atoms with Crippen molar-refractivity contribution in [3.63, 3.8) is 0 Å². The fourth-order valence-electron chi connectivity index (χ4n) is 2.96. The maximum absolute atomic E-state index is 13.4. The van der Waals surface area contributed by atoms with Gasteiger partial charge >= 0.3 is 0 Å². The quantitative estimate of drug-likeness (QED) is 0.795. The first-order chi connectivity index (χ1) is 12.0. The van der Waals surface area contributed by atoms with Gasteiger partial charge in [0.15, 0.2) is 0 Å². The molecule has 3 rings (SSSR count). The lowest BCUT2D eigenvalue weighted by Crippen LogP contribution is -3.14. The smallest absolute Gasteiger partial charge is 0.241 e. The van der Waals surface area contributed by atoms with Gasteiger partial charge in [0.2, 0.25) is 10.0 Å². The Morgan fingerprint density at radius 3 is 2.48 bits per heavy atom. The summed E-state index contributed by atoms with van der Waals surface area (Å²) in [5, 5.41) is 0. The number of halogens is 1. The molecule has 2 aromatic rings. The number of rotatable bonds is 6. The molecule has 0 aliphatic carbocycles. The van der Waals surface area contributed by atoms with Crippen LogP contribution in [0.5, 0.6) is 0 Å². The van der Waals surface area contributed by atoms with E-state index >= 15 is 0 Å². The Morgan fingerprint density at radius 2 is 1.80 bits per heavy atom. The maximum atomic E-state index is 13.4. The van der Waals surface area contributed by atoms with Crippen molar-refractivity contribution >= 4 is 10.0 Å². The van der Waals surface area contributed by atoms with Gasteiger partial charge in [-0.25, -0.2) is 12.8 Å². The highest BCUT2D eigenvalue weighted by Gasteiger charge is 2.26. The van der Waals surface area contributed by atoms with E-state index in [0.29, 0.717) is 19.8 Å². The molecule has 0 spiro atoms. The van der Waals surface area contributed by atoms with Crippen molar-refractivity contribution in [3.05, 3.63) is 66.0 Å². The first-order valence-electron chi connectivity index (χ1n) is 8.29. The third-order valence-corrected chi connectivity index (χ3v) is 5.77. The van der Waals surface area contributed by atoms with E-state index in [9.17, 15) is 12.8 Å². The number of sulfonamides is 1. The van der Waals surface area contributed by atoms with Crippen LogP contribution in [0.15, 0.2) is 59.5 Å². The Morgan fingerprint density at radius 1 is 1.08 bits per heavy atom. The van der Waals surface area contributed by atoms with Crippen LogP contribution in [-0.4, -0.2) is 41.3 Å². The van der Waals surface area contributed by atoms with Gasteiger partial charge in [0.25, 0.3) is 0 Å². The predicted molar refractivity (Wildman–Crippen MR) is 92.3 cm³/mol. The molecule has 0 saturated carbocycles. The van der Waals surface area contributed by atoms with Gasteiger partial charge in [-0.3, -0.25) is 0 Å². The molecule has 1 aliphatic heterocycles. The first-order valence-corrected chi connectivity index (χ1v) is 9.77. The number of nitrogens with one attached hydrogen (secondary N) is 2. The van der Waals surface area contributed by atoms with Gasteiger partial charge in [0.1, 0.15) is 18.9 Å². The van der Waals surface area contributed by atoms with E-state index in [1.165, 1.54) is 23.1 Å². The fraction of sp³-hybridized carbons (Fsp3) is 0.333. The highest BCUT2D eigenvalue weighted by Crippen LogP contribution is 2.17. The topological polar surface area (TPSA) is 59.8 Å². The van der Waals surface area contributed by atoms with Gasteiger partial charge in [-0.15, -0.1) is 0 Å². The van der Waals surface area contributed by atoms with E-state index in [4.69, 9.17) is 4.74 Å². The van der Waals surface area contributed by atoms with Crippen LogP contribution in [0.3, 0.4) is 0 Å². The zero-order valence-electron chi connectivity index (χ0n) is 13.8. The summed E-state index contributed by atoms with van der Waals surface area (Å²) >= 11 is 0. The van der Waals surface area contributed by atoms with Crippen molar-refractivity contribution in [2.45, 2.75) is 10.9 Å². The molecule has 0 unspecified atom stereocenters. The van der Waals surface area contributed by atoms with Gasteiger partial charge in [0.05, 0.1) is 30.7 Å².